The Balaban J connectivity index is 2.03. The summed E-state index contributed by atoms with van der Waals surface area (Å²) in [7, 11) is 0. The first-order valence-electron chi connectivity index (χ1n) is 4.90. The molecule has 0 amide bonds. The topological polar surface area (TPSA) is 52.6 Å². The largest absolute Gasteiger partial charge is 0.480 e. The van der Waals surface area contributed by atoms with Crippen LogP contribution < -0.4 is 5.43 Å². The fraction of sp³-hybridized carbons (Fsp3) is 0.889. The van der Waals surface area contributed by atoms with E-state index >= 15 is 0 Å². The molecule has 4 heteroatoms. The predicted octanol–water partition coefficient (Wildman–Crippen LogP) is 0.592. The van der Waals surface area contributed by atoms with E-state index in [1.54, 1.807) is 6.92 Å². The SMILES string of the molecule is C[C@]1(C(=O)O)CCCN1NC1CC1. The van der Waals surface area contributed by atoms with Gasteiger partial charge in [0.25, 0.3) is 0 Å². The Morgan fingerprint density at radius 2 is 2.31 bits per heavy atom. The Labute approximate surface area is 77.9 Å². The molecule has 2 rings (SSSR count). The van der Waals surface area contributed by atoms with E-state index in [1.807, 2.05) is 5.01 Å². The van der Waals surface area contributed by atoms with Gasteiger partial charge in [0.15, 0.2) is 0 Å². The fourth-order valence-corrected chi connectivity index (χ4v) is 1.83. The van der Waals surface area contributed by atoms with Gasteiger partial charge in [-0.1, -0.05) is 0 Å². The Morgan fingerprint density at radius 3 is 2.85 bits per heavy atom. The molecule has 0 aromatic rings. The number of aliphatic carboxylic acids is 1. The number of hydrogen-bond donors (Lipinski definition) is 2. The lowest BCUT2D eigenvalue weighted by atomic mass is 10.0. The molecule has 0 unspecified atom stereocenters. The molecule has 1 heterocycles. The number of carbonyl (C=O) groups is 1. The molecule has 4 nitrogen and oxygen atoms in total. The van der Waals surface area contributed by atoms with E-state index in [0.717, 1.165) is 19.4 Å². The first kappa shape index (κ1) is 8.97. The van der Waals surface area contributed by atoms with Crippen molar-refractivity contribution >= 4 is 5.97 Å². The Kier molecular flexibility index (Phi) is 2.04. The maximum Gasteiger partial charge on any atom is 0.325 e. The van der Waals surface area contributed by atoms with Gasteiger partial charge in [0.2, 0.25) is 0 Å². The Hall–Kier alpha value is -0.610. The molecule has 1 atom stereocenters. The molecule has 1 aliphatic carbocycles. The average molecular weight is 184 g/mol. The van der Waals surface area contributed by atoms with Gasteiger partial charge in [-0.2, -0.15) is 0 Å². The Morgan fingerprint density at radius 1 is 1.62 bits per heavy atom. The second-order valence-corrected chi connectivity index (χ2v) is 4.24. The summed E-state index contributed by atoms with van der Waals surface area (Å²) in [6, 6.07) is 0.539. The quantitative estimate of drug-likeness (QED) is 0.674. The van der Waals surface area contributed by atoms with E-state index in [-0.39, 0.29) is 0 Å². The van der Waals surface area contributed by atoms with Crippen molar-refractivity contribution in [1.29, 1.82) is 0 Å². The van der Waals surface area contributed by atoms with Crippen LogP contribution in [0.15, 0.2) is 0 Å². The number of hydrogen-bond acceptors (Lipinski definition) is 3. The molecule has 2 fully saturated rings. The van der Waals surface area contributed by atoms with Crippen molar-refractivity contribution in [2.24, 2.45) is 0 Å². The van der Waals surface area contributed by atoms with Gasteiger partial charge >= 0.3 is 5.97 Å². The van der Waals surface area contributed by atoms with Crippen LogP contribution in [0.2, 0.25) is 0 Å². The van der Waals surface area contributed by atoms with Crippen LogP contribution in [0.1, 0.15) is 32.6 Å². The molecule has 1 saturated carbocycles. The van der Waals surface area contributed by atoms with Crippen LogP contribution in [0.3, 0.4) is 0 Å². The van der Waals surface area contributed by atoms with E-state index in [4.69, 9.17) is 5.11 Å². The highest BCUT2D eigenvalue weighted by atomic mass is 16.4. The maximum atomic E-state index is 11.1. The molecule has 74 valence electrons. The summed E-state index contributed by atoms with van der Waals surface area (Å²) in [5.41, 5.74) is 2.60. The summed E-state index contributed by atoms with van der Waals surface area (Å²) < 4.78 is 0. The molecule has 2 N–H and O–H groups in total. The number of carboxylic acids is 1. The van der Waals surface area contributed by atoms with E-state index in [2.05, 4.69) is 5.43 Å². The number of nitrogens with zero attached hydrogens (tertiary/aromatic N) is 1. The van der Waals surface area contributed by atoms with Crippen LogP contribution >= 0.6 is 0 Å². The lowest BCUT2D eigenvalue weighted by Gasteiger charge is -2.31. The van der Waals surface area contributed by atoms with Crippen LogP contribution in [0, 0.1) is 0 Å². The number of rotatable bonds is 3. The highest BCUT2D eigenvalue weighted by Gasteiger charge is 2.45. The van der Waals surface area contributed by atoms with Crippen LogP contribution in [-0.4, -0.2) is 34.2 Å². The molecule has 13 heavy (non-hydrogen) atoms. The highest BCUT2D eigenvalue weighted by Crippen LogP contribution is 2.30. The maximum absolute atomic E-state index is 11.1. The van der Waals surface area contributed by atoms with Gasteiger partial charge in [-0.15, -0.1) is 0 Å². The Bertz CT molecular complexity index is 228. The van der Waals surface area contributed by atoms with Crippen molar-refractivity contribution in [2.45, 2.75) is 44.2 Å². The summed E-state index contributed by atoms with van der Waals surface area (Å²) in [6.45, 7) is 2.66. The molecule has 0 radical (unpaired) electrons. The van der Waals surface area contributed by atoms with Crippen molar-refractivity contribution in [1.82, 2.24) is 10.4 Å². The minimum atomic E-state index is -0.710. The zero-order valence-electron chi connectivity index (χ0n) is 7.92. The summed E-state index contributed by atoms with van der Waals surface area (Å²) >= 11 is 0. The van der Waals surface area contributed by atoms with Crippen LogP contribution in [0.4, 0.5) is 0 Å². The molecule has 2 aliphatic rings. The van der Waals surface area contributed by atoms with Crippen LogP contribution in [0.5, 0.6) is 0 Å². The zero-order chi connectivity index (χ0) is 9.47. The molecule has 0 aromatic carbocycles. The van der Waals surface area contributed by atoms with Crippen molar-refractivity contribution < 1.29 is 9.90 Å². The normalized spacial score (nSPS) is 35.2. The van der Waals surface area contributed by atoms with Crippen molar-refractivity contribution in [3.8, 4) is 0 Å². The molecule has 1 aliphatic heterocycles. The van der Waals surface area contributed by atoms with Gasteiger partial charge < -0.3 is 5.11 Å². The lowest BCUT2D eigenvalue weighted by Crippen LogP contribution is -2.55. The van der Waals surface area contributed by atoms with E-state index in [0.29, 0.717) is 6.04 Å². The second kappa shape index (κ2) is 2.96. The van der Waals surface area contributed by atoms with Gasteiger partial charge in [0.1, 0.15) is 5.54 Å². The standard InChI is InChI=1S/C9H16N2O2/c1-9(8(12)13)5-2-6-11(9)10-7-3-4-7/h7,10H,2-6H2,1H3,(H,12,13)/t9-/m1/s1. The summed E-state index contributed by atoms with van der Waals surface area (Å²) in [5.74, 6) is -0.710. The molecule has 0 bridgehead atoms. The third kappa shape index (κ3) is 1.56. The lowest BCUT2D eigenvalue weighted by molar-refractivity contribution is -0.150. The highest BCUT2D eigenvalue weighted by molar-refractivity contribution is 5.78. The second-order valence-electron chi connectivity index (χ2n) is 4.24. The van der Waals surface area contributed by atoms with Gasteiger partial charge in [0, 0.05) is 12.6 Å². The van der Waals surface area contributed by atoms with Gasteiger partial charge in [-0.05, 0) is 32.6 Å². The average Bonchev–Trinajstić information content (AvgIpc) is 2.78. The van der Waals surface area contributed by atoms with E-state index in [1.165, 1.54) is 12.8 Å². The minimum Gasteiger partial charge on any atom is -0.480 e. The van der Waals surface area contributed by atoms with Crippen molar-refractivity contribution in [2.75, 3.05) is 6.54 Å². The first-order chi connectivity index (χ1) is 6.13. The van der Waals surface area contributed by atoms with Gasteiger partial charge in [-0.25, -0.2) is 5.01 Å². The third-order valence-corrected chi connectivity index (χ3v) is 3.02. The van der Waals surface area contributed by atoms with Gasteiger partial charge in [0.05, 0.1) is 0 Å². The smallest absolute Gasteiger partial charge is 0.325 e. The monoisotopic (exact) mass is 184 g/mol. The van der Waals surface area contributed by atoms with Crippen LogP contribution in [-0.2, 0) is 4.79 Å². The predicted molar refractivity (Wildman–Crippen MR) is 48.1 cm³/mol. The van der Waals surface area contributed by atoms with Crippen molar-refractivity contribution in [3.63, 3.8) is 0 Å². The third-order valence-electron chi connectivity index (χ3n) is 3.02. The minimum absolute atomic E-state index is 0.539. The first-order valence-corrected chi connectivity index (χ1v) is 4.90. The molecular formula is C9H16N2O2. The van der Waals surface area contributed by atoms with Crippen molar-refractivity contribution in [3.05, 3.63) is 0 Å². The van der Waals surface area contributed by atoms with E-state index in [9.17, 15) is 4.79 Å². The van der Waals surface area contributed by atoms with Gasteiger partial charge in [-0.3, -0.25) is 10.2 Å². The molecule has 1 saturated heterocycles. The summed E-state index contributed by atoms with van der Waals surface area (Å²) in [6.07, 6.45) is 4.10. The molecule has 0 spiro atoms. The fourth-order valence-electron chi connectivity index (χ4n) is 1.83. The van der Waals surface area contributed by atoms with Crippen LogP contribution in [0.25, 0.3) is 0 Å². The summed E-state index contributed by atoms with van der Waals surface area (Å²) in [5, 5.41) is 11.0. The molecular weight excluding hydrogens is 168 g/mol. The summed E-state index contributed by atoms with van der Waals surface area (Å²) in [4.78, 5) is 11.1. The van der Waals surface area contributed by atoms with E-state index < -0.39 is 11.5 Å². The number of nitrogens with one attached hydrogen (secondary N) is 1. The number of carboxylic acid groups (broad SMARTS) is 1. The molecule has 0 aromatic heterocycles. The zero-order valence-corrected chi connectivity index (χ0v) is 7.92. The number of hydrazine groups is 1.